The minimum absolute atomic E-state index is 0.621. The van der Waals surface area contributed by atoms with Crippen LogP contribution in [0, 0.1) is 5.92 Å². The number of hydrogen-bond acceptors (Lipinski definition) is 0. The lowest BCUT2D eigenvalue weighted by Crippen LogP contribution is -2.52. The van der Waals surface area contributed by atoms with E-state index >= 15 is 0 Å². The SMILES string of the molecule is CCC(C)[Si](C)(C1=C(C)C(C)=C(C)C1C)c1ccccc1. The van der Waals surface area contributed by atoms with Gasteiger partial charge in [-0.05, 0) is 37.8 Å². The molecule has 0 spiro atoms. The van der Waals surface area contributed by atoms with Crippen LogP contribution in [0.1, 0.15) is 48.0 Å². The van der Waals surface area contributed by atoms with E-state index in [2.05, 4.69) is 78.4 Å². The van der Waals surface area contributed by atoms with Crippen molar-refractivity contribution in [3.8, 4) is 0 Å². The molecule has 0 fully saturated rings. The Labute approximate surface area is 132 Å². The van der Waals surface area contributed by atoms with Crippen molar-refractivity contribution >= 4 is 13.3 Å². The van der Waals surface area contributed by atoms with Gasteiger partial charge in [-0.2, -0.15) is 0 Å². The number of hydrogen-bond donors (Lipinski definition) is 0. The molecule has 0 N–H and O–H groups in total. The van der Waals surface area contributed by atoms with Gasteiger partial charge in [0, 0.05) is 0 Å². The molecular weight excluding hydrogens is 268 g/mol. The van der Waals surface area contributed by atoms with E-state index in [1.165, 1.54) is 12.0 Å². The third-order valence-corrected chi connectivity index (χ3v) is 12.0. The summed E-state index contributed by atoms with van der Waals surface area (Å²) in [4.78, 5) is 0. The summed E-state index contributed by atoms with van der Waals surface area (Å²) >= 11 is 0. The molecule has 1 aromatic rings. The average Bonchev–Trinajstić information content (AvgIpc) is 2.70. The van der Waals surface area contributed by atoms with Crippen molar-refractivity contribution in [2.24, 2.45) is 5.92 Å². The first kappa shape index (κ1) is 16.3. The molecule has 1 aromatic carbocycles. The minimum atomic E-state index is -1.67. The van der Waals surface area contributed by atoms with Crippen LogP contribution in [0.2, 0.25) is 12.1 Å². The van der Waals surface area contributed by atoms with Crippen molar-refractivity contribution in [2.75, 3.05) is 0 Å². The molecule has 0 aliphatic heterocycles. The predicted molar refractivity (Wildman–Crippen MR) is 97.6 cm³/mol. The number of allylic oxidation sites excluding steroid dienone is 4. The van der Waals surface area contributed by atoms with Crippen molar-refractivity contribution in [3.05, 3.63) is 52.2 Å². The molecule has 114 valence electrons. The molecular formula is C20H30Si. The van der Waals surface area contributed by atoms with E-state index < -0.39 is 8.07 Å². The van der Waals surface area contributed by atoms with Crippen LogP contribution in [0.25, 0.3) is 0 Å². The fraction of sp³-hybridized carbons (Fsp3) is 0.500. The normalized spacial score (nSPS) is 23.5. The quantitative estimate of drug-likeness (QED) is 0.633. The molecule has 0 radical (unpaired) electrons. The Morgan fingerprint density at radius 2 is 1.62 bits per heavy atom. The molecule has 0 amide bonds. The van der Waals surface area contributed by atoms with E-state index in [0.717, 1.165) is 5.54 Å². The van der Waals surface area contributed by atoms with Gasteiger partial charge in [-0.15, -0.1) is 0 Å². The van der Waals surface area contributed by atoms with Crippen molar-refractivity contribution in [2.45, 2.75) is 60.1 Å². The highest BCUT2D eigenvalue weighted by Crippen LogP contribution is 2.45. The van der Waals surface area contributed by atoms with Crippen LogP contribution in [0.15, 0.2) is 52.2 Å². The first-order chi connectivity index (χ1) is 9.85. The lowest BCUT2D eigenvalue weighted by molar-refractivity contribution is 0.806. The van der Waals surface area contributed by atoms with E-state index in [-0.39, 0.29) is 0 Å². The largest absolute Gasteiger partial charge is 0.114 e. The first-order valence-electron chi connectivity index (χ1n) is 8.30. The van der Waals surface area contributed by atoms with Gasteiger partial charge in [-0.3, -0.25) is 0 Å². The number of rotatable bonds is 4. The molecule has 3 atom stereocenters. The lowest BCUT2D eigenvalue weighted by Gasteiger charge is -2.39. The molecule has 2 rings (SSSR count). The van der Waals surface area contributed by atoms with Crippen molar-refractivity contribution < 1.29 is 0 Å². The summed E-state index contributed by atoms with van der Waals surface area (Å²) in [5, 5.41) is 3.38. The third kappa shape index (κ3) is 2.46. The van der Waals surface area contributed by atoms with Crippen LogP contribution in [0.5, 0.6) is 0 Å². The zero-order chi connectivity index (χ0) is 15.8. The fourth-order valence-corrected chi connectivity index (χ4v) is 9.30. The van der Waals surface area contributed by atoms with Gasteiger partial charge < -0.3 is 0 Å². The van der Waals surface area contributed by atoms with E-state index in [0.29, 0.717) is 5.92 Å². The van der Waals surface area contributed by atoms with Gasteiger partial charge in [0.1, 0.15) is 8.07 Å². The molecule has 1 heteroatoms. The Morgan fingerprint density at radius 3 is 2.05 bits per heavy atom. The molecule has 0 saturated heterocycles. The summed E-state index contributed by atoms with van der Waals surface area (Å²) in [5.41, 5.74) is 5.47. The monoisotopic (exact) mass is 298 g/mol. The van der Waals surface area contributed by atoms with Crippen LogP contribution in [-0.4, -0.2) is 8.07 Å². The summed E-state index contributed by atoms with van der Waals surface area (Å²) in [6.07, 6.45) is 1.26. The first-order valence-corrected chi connectivity index (χ1v) is 10.9. The summed E-state index contributed by atoms with van der Waals surface area (Å²) in [6, 6.07) is 11.3. The maximum absolute atomic E-state index is 2.59. The maximum atomic E-state index is 2.59. The zero-order valence-electron chi connectivity index (χ0n) is 14.7. The van der Waals surface area contributed by atoms with Gasteiger partial charge >= 0.3 is 0 Å². The van der Waals surface area contributed by atoms with Gasteiger partial charge in [-0.25, -0.2) is 0 Å². The highest BCUT2D eigenvalue weighted by Gasteiger charge is 2.44. The van der Waals surface area contributed by atoms with E-state index in [1.54, 1.807) is 21.5 Å². The van der Waals surface area contributed by atoms with E-state index in [9.17, 15) is 0 Å². The van der Waals surface area contributed by atoms with E-state index in [1.807, 2.05) is 0 Å². The van der Waals surface area contributed by atoms with Crippen LogP contribution in [-0.2, 0) is 0 Å². The fourth-order valence-electron chi connectivity index (χ4n) is 4.10. The predicted octanol–water partition coefficient (Wildman–Crippen LogP) is 5.61. The summed E-state index contributed by atoms with van der Waals surface area (Å²) in [5.74, 6) is 0.621. The van der Waals surface area contributed by atoms with Crippen LogP contribution in [0.4, 0.5) is 0 Å². The Kier molecular flexibility index (Phi) is 4.62. The van der Waals surface area contributed by atoms with Gasteiger partial charge in [-0.1, -0.05) is 85.6 Å². The second-order valence-corrected chi connectivity index (χ2v) is 11.5. The van der Waals surface area contributed by atoms with Crippen molar-refractivity contribution in [1.82, 2.24) is 0 Å². The Morgan fingerprint density at radius 1 is 1.05 bits per heavy atom. The average molecular weight is 299 g/mol. The molecule has 1 aliphatic rings. The standard InChI is InChI=1S/C20H30Si/c1-8-14(2)21(7,19-12-10-9-11-13-19)20-17(5)15(3)16(4)18(20)6/h9-14,17H,8H2,1-7H3. The summed E-state index contributed by atoms with van der Waals surface area (Å²) in [6.45, 7) is 16.8. The third-order valence-electron chi connectivity index (χ3n) is 6.17. The maximum Gasteiger partial charge on any atom is 0.114 e. The molecule has 3 unspecified atom stereocenters. The van der Waals surface area contributed by atoms with E-state index in [4.69, 9.17) is 0 Å². The lowest BCUT2D eigenvalue weighted by atomic mass is 10.1. The topological polar surface area (TPSA) is 0 Å². The smallest absolute Gasteiger partial charge is 0.0657 e. The van der Waals surface area contributed by atoms with Crippen LogP contribution in [0.3, 0.4) is 0 Å². The molecule has 0 heterocycles. The van der Waals surface area contributed by atoms with Gasteiger partial charge in [0.2, 0.25) is 0 Å². The molecule has 21 heavy (non-hydrogen) atoms. The Balaban J connectivity index is 2.64. The van der Waals surface area contributed by atoms with Gasteiger partial charge in [0.05, 0.1) is 0 Å². The second-order valence-electron chi connectivity index (χ2n) is 6.95. The Bertz CT molecular complexity index is 579. The Hall–Kier alpha value is -1.08. The highest BCUT2D eigenvalue weighted by atomic mass is 28.3. The van der Waals surface area contributed by atoms with Crippen molar-refractivity contribution in [3.63, 3.8) is 0 Å². The van der Waals surface area contributed by atoms with Crippen LogP contribution >= 0.6 is 0 Å². The minimum Gasteiger partial charge on any atom is -0.0657 e. The number of benzene rings is 1. The molecule has 0 aromatic heterocycles. The molecule has 0 bridgehead atoms. The summed E-state index contributed by atoms with van der Waals surface area (Å²) in [7, 11) is -1.67. The zero-order valence-corrected chi connectivity index (χ0v) is 15.7. The second kappa shape index (κ2) is 5.96. The van der Waals surface area contributed by atoms with Gasteiger partial charge in [0.15, 0.2) is 0 Å². The molecule has 0 nitrogen and oxygen atoms in total. The van der Waals surface area contributed by atoms with Crippen LogP contribution < -0.4 is 5.19 Å². The van der Waals surface area contributed by atoms with Crippen molar-refractivity contribution in [1.29, 1.82) is 0 Å². The van der Waals surface area contributed by atoms with Gasteiger partial charge in [0.25, 0.3) is 0 Å². The molecule has 0 saturated carbocycles. The summed E-state index contributed by atoms with van der Waals surface area (Å²) < 4.78 is 0. The highest BCUT2D eigenvalue weighted by molar-refractivity contribution is 6.98. The molecule has 1 aliphatic carbocycles.